The monoisotopic (exact) mass is 419 g/mol. The first-order chi connectivity index (χ1) is 11.0. The smallest absolute Gasteiger partial charge is 0.421 e. The normalized spacial score (nSPS) is 13.3. The minimum absolute atomic E-state index is 0.778. The Hall–Kier alpha value is -1.35. The minimum atomic E-state index is -6.72. The minimum Gasteiger partial charge on any atom is -0.421 e. The molecule has 0 fully saturated rings. The molecule has 0 aliphatic carbocycles. The lowest BCUT2D eigenvalue weighted by Crippen LogP contribution is -2.30. The summed E-state index contributed by atoms with van der Waals surface area (Å²) in [5.41, 5.74) is -11.1. The Bertz CT molecular complexity index is 739. The highest BCUT2D eigenvalue weighted by Gasteiger charge is 2.46. The molecule has 0 aliphatic heterocycles. The van der Waals surface area contributed by atoms with E-state index in [1.54, 1.807) is 0 Å². The van der Waals surface area contributed by atoms with Gasteiger partial charge in [0.15, 0.2) is 20.0 Å². The lowest BCUT2D eigenvalue weighted by atomic mass is 10.5. The summed E-state index contributed by atoms with van der Waals surface area (Å²) in [6.07, 6.45) is 4.32. The Morgan fingerprint density at radius 1 is 1.00 bits per heavy atom. The molecule has 0 bridgehead atoms. The first-order valence-corrected chi connectivity index (χ1v) is 9.29. The van der Waals surface area contributed by atoms with Crippen molar-refractivity contribution in [2.45, 2.75) is 44.9 Å². The molecule has 0 aliphatic rings. The second-order valence-electron chi connectivity index (χ2n) is 4.42. The first-order valence-electron chi connectivity index (χ1n) is 6.41. The van der Waals surface area contributed by atoms with Gasteiger partial charge >= 0.3 is 11.0 Å². The van der Waals surface area contributed by atoms with Crippen molar-refractivity contribution >= 4 is 20.0 Å². The zero-order valence-corrected chi connectivity index (χ0v) is 14.8. The van der Waals surface area contributed by atoms with Crippen molar-refractivity contribution in [3.05, 3.63) is 22.3 Å². The van der Waals surface area contributed by atoms with Crippen molar-refractivity contribution in [2.75, 3.05) is 0 Å². The fraction of sp³-hybridized carbons (Fsp3) is 0.700. The van der Waals surface area contributed by atoms with Crippen molar-refractivity contribution in [3.8, 4) is 0 Å². The third-order valence-electron chi connectivity index (χ3n) is 2.58. The number of sulfonamides is 2. The molecular weight excluding hydrogens is 404 g/mol. The molecule has 0 spiro atoms. The molecule has 0 saturated heterocycles. The lowest BCUT2D eigenvalue weighted by molar-refractivity contribution is -0.693. The van der Waals surface area contributed by atoms with Crippen LogP contribution in [-0.2, 0) is 33.1 Å². The van der Waals surface area contributed by atoms with Crippen molar-refractivity contribution in [1.82, 2.24) is 4.57 Å². The molecule has 1 aromatic heterocycles. The largest absolute Gasteiger partial charge is 0.480 e. The Balaban J connectivity index is 0.000000496. The number of rotatable bonds is 4. The molecule has 0 saturated carbocycles. The van der Waals surface area contributed by atoms with Crippen LogP contribution >= 0.6 is 0 Å². The maximum Gasteiger partial charge on any atom is 0.480 e. The van der Waals surface area contributed by atoms with E-state index in [-0.39, 0.29) is 0 Å². The van der Waals surface area contributed by atoms with Crippen molar-refractivity contribution in [2.24, 2.45) is 0 Å². The van der Waals surface area contributed by atoms with Crippen LogP contribution in [0.25, 0.3) is 4.13 Å². The predicted molar refractivity (Wildman–Crippen MR) is 74.0 cm³/mol. The van der Waals surface area contributed by atoms with Gasteiger partial charge in [-0.1, -0.05) is 0 Å². The van der Waals surface area contributed by atoms with E-state index < -0.39 is 31.1 Å². The maximum atomic E-state index is 11.4. The second kappa shape index (κ2) is 7.90. The van der Waals surface area contributed by atoms with Crippen LogP contribution in [0.3, 0.4) is 0 Å². The topological polar surface area (TPSA) is 91.2 Å². The van der Waals surface area contributed by atoms with Gasteiger partial charge < -0.3 is 4.13 Å². The number of aryl methyl sites for hydroxylation is 3. The van der Waals surface area contributed by atoms with Gasteiger partial charge in [0.1, 0.15) is 11.9 Å². The molecule has 148 valence electrons. The summed E-state index contributed by atoms with van der Waals surface area (Å²) in [6, 6.07) is 0. The van der Waals surface area contributed by atoms with E-state index in [0.717, 1.165) is 17.2 Å². The molecule has 1 rings (SSSR count). The Morgan fingerprint density at radius 2 is 1.40 bits per heavy atom. The molecule has 0 radical (unpaired) electrons. The van der Waals surface area contributed by atoms with E-state index in [4.69, 9.17) is 0 Å². The van der Waals surface area contributed by atoms with Crippen LogP contribution in [0.5, 0.6) is 0 Å². The zero-order chi connectivity index (χ0) is 20.3. The summed E-state index contributed by atoms with van der Waals surface area (Å²) in [7, 11) is -13.4. The van der Waals surface area contributed by atoms with Gasteiger partial charge in [0.05, 0.1) is 13.1 Å². The highest BCUT2D eigenvalue weighted by molar-refractivity contribution is 8.13. The summed E-state index contributed by atoms with van der Waals surface area (Å²) in [5, 5.41) is 0. The first kappa shape index (κ1) is 23.6. The summed E-state index contributed by atoms with van der Waals surface area (Å²) >= 11 is 0. The van der Waals surface area contributed by atoms with Gasteiger partial charge in [-0.2, -0.15) is 26.3 Å². The van der Waals surface area contributed by atoms with E-state index in [9.17, 15) is 43.2 Å². The fourth-order valence-electron chi connectivity index (χ4n) is 1.34. The predicted octanol–water partition coefficient (Wildman–Crippen LogP) is 2.18. The average Bonchev–Trinajstić information content (AvgIpc) is 2.76. The lowest BCUT2D eigenvalue weighted by Gasteiger charge is -2.22. The number of halogens is 6. The van der Waals surface area contributed by atoms with E-state index in [0.29, 0.717) is 0 Å². The molecule has 0 atom stereocenters. The number of hydrogen-bond donors (Lipinski definition) is 0. The fourth-order valence-corrected chi connectivity index (χ4v) is 3.04. The Labute approximate surface area is 140 Å². The van der Waals surface area contributed by atoms with Crippen molar-refractivity contribution in [1.29, 1.82) is 0 Å². The standard InChI is InChI=1S/C8H15N2.C2F6NO4S2/c1-4-9-6-8(3)10(5-2)7-9;3-1(4,5)14(10,11)9-15(12,13)2(6,7)8/h6-7H,4-5H2,1-3H3;/q+1;-1. The van der Waals surface area contributed by atoms with Crippen LogP contribution in [0.15, 0.2) is 12.5 Å². The SMILES string of the molecule is CCn1c[n+](CC)cc1C.O=S(=O)([N-]S(=O)(=O)C(F)(F)F)C(F)(F)F. The molecule has 0 N–H and O–H groups in total. The van der Waals surface area contributed by atoms with Crippen LogP contribution in [0, 0.1) is 6.92 Å². The Kier molecular flexibility index (Phi) is 7.48. The van der Waals surface area contributed by atoms with Gasteiger partial charge in [0.25, 0.3) is 0 Å². The third kappa shape index (κ3) is 6.47. The van der Waals surface area contributed by atoms with Gasteiger partial charge in [-0.05, 0) is 13.8 Å². The molecular formula is C10H15F6N3O4S2. The number of hydrogen-bond acceptors (Lipinski definition) is 4. The summed E-state index contributed by atoms with van der Waals surface area (Å²) in [5.74, 6) is 0. The molecule has 15 heteroatoms. The van der Waals surface area contributed by atoms with E-state index in [1.165, 1.54) is 5.69 Å². The van der Waals surface area contributed by atoms with Crippen LogP contribution in [0.2, 0.25) is 0 Å². The molecule has 1 aromatic rings. The van der Waals surface area contributed by atoms with Crippen LogP contribution in [0.4, 0.5) is 26.3 Å². The van der Waals surface area contributed by atoms with E-state index >= 15 is 0 Å². The molecule has 0 amide bonds. The van der Waals surface area contributed by atoms with Gasteiger partial charge in [-0.25, -0.2) is 26.0 Å². The molecule has 7 nitrogen and oxygen atoms in total. The molecule has 1 heterocycles. The van der Waals surface area contributed by atoms with Crippen LogP contribution in [0.1, 0.15) is 19.5 Å². The van der Waals surface area contributed by atoms with Crippen LogP contribution < -0.4 is 4.57 Å². The van der Waals surface area contributed by atoms with E-state index in [2.05, 4.69) is 42.4 Å². The maximum absolute atomic E-state index is 11.4. The van der Waals surface area contributed by atoms with Crippen molar-refractivity contribution in [3.63, 3.8) is 0 Å². The summed E-state index contributed by atoms with van der Waals surface area (Å²) < 4.78 is 114. The van der Waals surface area contributed by atoms with E-state index in [1.807, 2.05) is 0 Å². The second-order valence-corrected chi connectivity index (χ2v) is 7.84. The highest BCUT2D eigenvalue weighted by atomic mass is 32.3. The number of alkyl halides is 6. The third-order valence-corrected chi connectivity index (χ3v) is 5.32. The summed E-state index contributed by atoms with van der Waals surface area (Å²) in [4.78, 5) is 0. The zero-order valence-electron chi connectivity index (χ0n) is 13.1. The molecule has 25 heavy (non-hydrogen) atoms. The number of imidazole rings is 1. The molecule has 0 unspecified atom stereocenters. The highest BCUT2D eigenvalue weighted by Crippen LogP contribution is 2.36. The number of nitrogens with zero attached hydrogens (tertiary/aromatic N) is 3. The van der Waals surface area contributed by atoms with Crippen molar-refractivity contribution < 1.29 is 47.7 Å². The van der Waals surface area contributed by atoms with Gasteiger partial charge in [-0.3, -0.25) is 0 Å². The van der Waals surface area contributed by atoms with Gasteiger partial charge in [0.2, 0.25) is 6.33 Å². The summed E-state index contributed by atoms with van der Waals surface area (Å²) in [6.45, 7) is 8.58. The average molecular weight is 419 g/mol. The quantitative estimate of drug-likeness (QED) is 0.553. The van der Waals surface area contributed by atoms with Gasteiger partial charge in [0, 0.05) is 6.92 Å². The van der Waals surface area contributed by atoms with Crippen LogP contribution in [-0.4, -0.2) is 32.4 Å². The number of aromatic nitrogens is 2. The Morgan fingerprint density at radius 3 is 1.60 bits per heavy atom. The molecule has 0 aromatic carbocycles. The van der Waals surface area contributed by atoms with Gasteiger partial charge in [-0.15, -0.1) is 0 Å².